The Morgan fingerprint density at radius 2 is 2.22 bits per heavy atom. The molecule has 0 radical (unpaired) electrons. The van der Waals surface area contributed by atoms with E-state index >= 15 is 0 Å². The van der Waals surface area contributed by atoms with Gasteiger partial charge in [0, 0.05) is 30.4 Å². The predicted octanol–water partition coefficient (Wildman–Crippen LogP) is 2.39. The van der Waals surface area contributed by atoms with Crippen molar-refractivity contribution in [2.75, 3.05) is 25.1 Å². The number of aromatic nitrogens is 1. The number of halogens is 1. The SMILES string of the molecule is O=C(NCC1CCOCC1)Nc1ccc(Br)cn1. The smallest absolute Gasteiger partial charge is 0.320 e. The lowest BCUT2D eigenvalue weighted by molar-refractivity contribution is 0.0671. The van der Waals surface area contributed by atoms with Crippen molar-refractivity contribution < 1.29 is 9.53 Å². The molecule has 0 aliphatic carbocycles. The van der Waals surface area contributed by atoms with E-state index in [1.165, 1.54) is 0 Å². The van der Waals surface area contributed by atoms with E-state index in [0.717, 1.165) is 30.5 Å². The molecule has 0 saturated carbocycles. The van der Waals surface area contributed by atoms with Crippen molar-refractivity contribution in [2.24, 2.45) is 5.92 Å². The number of nitrogens with one attached hydrogen (secondary N) is 2. The summed E-state index contributed by atoms with van der Waals surface area (Å²) in [5.41, 5.74) is 0. The summed E-state index contributed by atoms with van der Waals surface area (Å²) < 4.78 is 6.16. The van der Waals surface area contributed by atoms with Crippen LogP contribution in [0, 0.1) is 5.92 Å². The molecule has 2 rings (SSSR count). The number of rotatable bonds is 3. The summed E-state index contributed by atoms with van der Waals surface area (Å²) in [6.07, 6.45) is 3.67. The van der Waals surface area contributed by atoms with E-state index in [4.69, 9.17) is 4.74 Å². The Bertz CT molecular complexity index is 391. The minimum atomic E-state index is -0.212. The van der Waals surface area contributed by atoms with Crippen molar-refractivity contribution in [3.63, 3.8) is 0 Å². The zero-order chi connectivity index (χ0) is 12.8. The van der Waals surface area contributed by atoms with Gasteiger partial charge in [-0.2, -0.15) is 0 Å². The van der Waals surface area contributed by atoms with Gasteiger partial charge in [0.05, 0.1) is 0 Å². The Balaban J connectivity index is 1.73. The predicted molar refractivity (Wildman–Crippen MR) is 72.5 cm³/mol. The molecule has 0 spiro atoms. The lowest BCUT2D eigenvalue weighted by Crippen LogP contribution is -2.35. The maximum Gasteiger partial charge on any atom is 0.320 e. The van der Waals surface area contributed by atoms with Crippen molar-refractivity contribution in [2.45, 2.75) is 12.8 Å². The topological polar surface area (TPSA) is 63.2 Å². The first-order chi connectivity index (χ1) is 8.74. The summed E-state index contributed by atoms with van der Waals surface area (Å²) in [5, 5.41) is 5.55. The van der Waals surface area contributed by atoms with E-state index in [-0.39, 0.29) is 6.03 Å². The molecule has 1 aromatic heterocycles. The molecule has 1 aliphatic heterocycles. The maximum absolute atomic E-state index is 11.6. The number of urea groups is 1. The Kier molecular flexibility index (Phi) is 4.95. The second kappa shape index (κ2) is 6.70. The molecule has 98 valence electrons. The molecule has 0 aromatic carbocycles. The van der Waals surface area contributed by atoms with Crippen molar-refractivity contribution in [3.8, 4) is 0 Å². The van der Waals surface area contributed by atoms with E-state index < -0.39 is 0 Å². The van der Waals surface area contributed by atoms with Crippen LogP contribution in [0.1, 0.15) is 12.8 Å². The number of ether oxygens (including phenoxy) is 1. The largest absolute Gasteiger partial charge is 0.381 e. The second-order valence-corrected chi connectivity index (χ2v) is 5.17. The minimum absolute atomic E-state index is 0.212. The highest BCUT2D eigenvalue weighted by Gasteiger charge is 2.14. The van der Waals surface area contributed by atoms with E-state index in [9.17, 15) is 4.79 Å². The zero-order valence-electron chi connectivity index (χ0n) is 9.99. The fourth-order valence-corrected chi connectivity index (χ4v) is 2.03. The lowest BCUT2D eigenvalue weighted by atomic mass is 10.0. The number of amides is 2. The first-order valence-electron chi connectivity index (χ1n) is 5.98. The molecule has 2 N–H and O–H groups in total. The molecule has 5 nitrogen and oxygen atoms in total. The molecule has 0 bridgehead atoms. The molecule has 1 saturated heterocycles. The summed E-state index contributed by atoms with van der Waals surface area (Å²) in [4.78, 5) is 15.7. The van der Waals surface area contributed by atoms with Crippen LogP contribution in [0.15, 0.2) is 22.8 Å². The van der Waals surface area contributed by atoms with Crippen molar-refractivity contribution >= 4 is 27.8 Å². The summed E-state index contributed by atoms with van der Waals surface area (Å²) in [5.74, 6) is 1.06. The van der Waals surface area contributed by atoms with Crippen LogP contribution < -0.4 is 10.6 Å². The molecule has 6 heteroatoms. The van der Waals surface area contributed by atoms with Crippen molar-refractivity contribution in [1.82, 2.24) is 10.3 Å². The molecular formula is C12H16BrN3O2. The van der Waals surface area contributed by atoms with E-state index in [1.807, 2.05) is 6.07 Å². The van der Waals surface area contributed by atoms with Gasteiger partial charge in [-0.1, -0.05) is 0 Å². The third kappa shape index (κ3) is 4.27. The van der Waals surface area contributed by atoms with Gasteiger partial charge in [0.25, 0.3) is 0 Å². The fraction of sp³-hybridized carbons (Fsp3) is 0.500. The quantitative estimate of drug-likeness (QED) is 0.900. The van der Waals surface area contributed by atoms with Crippen LogP contribution in [0.5, 0.6) is 0 Å². The summed E-state index contributed by atoms with van der Waals surface area (Å²) in [6.45, 7) is 2.27. The van der Waals surface area contributed by atoms with Crippen molar-refractivity contribution in [3.05, 3.63) is 22.8 Å². The fourth-order valence-electron chi connectivity index (χ4n) is 1.80. The lowest BCUT2D eigenvalue weighted by Gasteiger charge is -2.22. The number of anilines is 1. The minimum Gasteiger partial charge on any atom is -0.381 e. The van der Waals surface area contributed by atoms with Gasteiger partial charge in [-0.3, -0.25) is 5.32 Å². The summed E-state index contributed by atoms with van der Waals surface area (Å²) in [7, 11) is 0. The Labute approximate surface area is 114 Å². The third-order valence-corrected chi connectivity index (χ3v) is 3.33. The van der Waals surface area contributed by atoms with Crippen LogP contribution >= 0.6 is 15.9 Å². The van der Waals surface area contributed by atoms with Gasteiger partial charge in [-0.05, 0) is 46.8 Å². The van der Waals surface area contributed by atoms with Crippen LogP contribution in [0.3, 0.4) is 0 Å². The number of nitrogens with zero attached hydrogens (tertiary/aromatic N) is 1. The molecular weight excluding hydrogens is 298 g/mol. The van der Waals surface area contributed by atoms with E-state index in [1.54, 1.807) is 12.3 Å². The summed E-state index contributed by atoms with van der Waals surface area (Å²) >= 11 is 3.29. The molecule has 2 amide bonds. The molecule has 1 aliphatic rings. The van der Waals surface area contributed by atoms with Crippen LogP contribution in [0.4, 0.5) is 10.6 Å². The number of carbonyl (C=O) groups is 1. The second-order valence-electron chi connectivity index (χ2n) is 4.25. The van der Waals surface area contributed by atoms with Gasteiger partial charge in [0.2, 0.25) is 0 Å². The monoisotopic (exact) mass is 313 g/mol. The number of hydrogen-bond acceptors (Lipinski definition) is 3. The van der Waals surface area contributed by atoms with E-state index in [2.05, 4.69) is 31.5 Å². The molecule has 0 atom stereocenters. The van der Waals surface area contributed by atoms with Crippen LogP contribution in [-0.2, 0) is 4.74 Å². The van der Waals surface area contributed by atoms with Gasteiger partial charge in [0.15, 0.2) is 0 Å². The van der Waals surface area contributed by atoms with E-state index in [0.29, 0.717) is 18.3 Å². The Morgan fingerprint density at radius 1 is 1.44 bits per heavy atom. The first kappa shape index (κ1) is 13.3. The van der Waals surface area contributed by atoms with Crippen LogP contribution in [0.25, 0.3) is 0 Å². The average Bonchev–Trinajstić information content (AvgIpc) is 2.40. The van der Waals surface area contributed by atoms with Gasteiger partial charge in [0.1, 0.15) is 5.82 Å². The third-order valence-electron chi connectivity index (χ3n) is 2.86. The molecule has 1 fully saturated rings. The van der Waals surface area contributed by atoms with Gasteiger partial charge >= 0.3 is 6.03 Å². The van der Waals surface area contributed by atoms with Gasteiger partial charge in [-0.15, -0.1) is 0 Å². The molecule has 2 heterocycles. The van der Waals surface area contributed by atoms with Gasteiger partial charge in [-0.25, -0.2) is 9.78 Å². The Morgan fingerprint density at radius 3 is 2.89 bits per heavy atom. The van der Waals surface area contributed by atoms with Crippen LogP contribution in [-0.4, -0.2) is 30.8 Å². The molecule has 0 unspecified atom stereocenters. The zero-order valence-corrected chi connectivity index (χ0v) is 11.6. The maximum atomic E-state index is 11.6. The molecule has 18 heavy (non-hydrogen) atoms. The first-order valence-corrected chi connectivity index (χ1v) is 6.77. The normalized spacial score (nSPS) is 16.3. The van der Waals surface area contributed by atoms with Crippen molar-refractivity contribution in [1.29, 1.82) is 0 Å². The number of hydrogen-bond donors (Lipinski definition) is 2. The van der Waals surface area contributed by atoms with Gasteiger partial charge < -0.3 is 10.1 Å². The summed E-state index contributed by atoms with van der Waals surface area (Å²) in [6, 6.07) is 3.37. The standard InChI is InChI=1S/C12H16BrN3O2/c13-10-1-2-11(14-8-10)16-12(17)15-7-9-3-5-18-6-4-9/h1-2,8-9H,3-7H2,(H2,14,15,16,17). The van der Waals surface area contributed by atoms with Crippen LogP contribution in [0.2, 0.25) is 0 Å². The average molecular weight is 314 g/mol. The number of carbonyl (C=O) groups excluding carboxylic acids is 1. The highest BCUT2D eigenvalue weighted by molar-refractivity contribution is 9.10. The highest BCUT2D eigenvalue weighted by Crippen LogP contribution is 2.13. The number of pyridine rings is 1. The Hall–Kier alpha value is -1.14. The highest BCUT2D eigenvalue weighted by atomic mass is 79.9. The molecule has 1 aromatic rings.